The summed E-state index contributed by atoms with van der Waals surface area (Å²) in [6.45, 7) is 2.15. The fourth-order valence-corrected chi connectivity index (χ4v) is 3.20. The molecule has 0 aliphatic rings. The molecular weight excluding hydrogens is 286 g/mol. The van der Waals surface area contributed by atoms with Crippen LogP contribution >= 0.6 is 0 Å². The van der Waals surface area contributed by atoms with Crippen LogP contribution in [0.15, 0.2) is 64.1 Å². The van der Waals surface area contributed by atoms with E-state index in [2.05, 4.69) is 4.72 Å². The molecular formula is C16H15NO3S. The summed E-state index contributed by atoms with van der Waals surface area (Å²) < 4.78 is 32.2. The number of hydrogen-bond acceptors (Lipinski definition) is 3. The molecule has 1 heterocycles. The zero-order chi connectivity index (χ0) is 14.9. The van der Waals surface area contributed by atoms with Crippen molar-refractivity contribution in [3.8, 4) is 0 Å². The third-order valence-corrected chi connectivity index (χ3v) is 4.69. The Morgan fingerprint density at radius 2 is 1.81 bits per heavy atom. The van der Waals surface area contributed by atoms with Crippen molar-refractivity contribution in [2.75, 3.05) is 0 Å². The Bertz CT molecular complexity index is 868. The Kier molecular flexibility index (Phi) is 3.53. The summed E-state index contributed by atoms with van der Waals surface area (Å²) in [5.41, 5.74) is 1.15. The molecule has 4 nitrogen and oxygen atoms in total. The van der Waals surface area contributed by atoms with Gasteiger partial charge in [-0.15, -0.1) is 0 Å². The molecule has 0 bridgehead atoms. The summed E-state index contributed by atoms with van der Waals surface area (Å²) in [7, 11) is -3.55. The number of furan rings is 1. The van der Waals surface area contributed by atoms with Crippen molar-refractivity contribution in [3.63, 3.8) is 0 Å². The van der Waals surface area contributed by atoms with Crippen molar-refractivity contribution < 1.29 is 12.8 Å². The number of benzene rings is 2. The van der Waals surface area contributed by atoms with E-state index in [1.54, 1.807) is 24.3 Å². The molecule has 0 aliphatic heterocycles. The first kappa shape index (κ1) is 13.9. The van der Waals surface area contributed by atoms with Gasteiger partial charge in [-0.3, -0.25) is 0 Å². The summed E-state index contributed by atoms with van der Waals surface area (Å²) in [6, 6.07) is 14.5. The molecule has 1 N–H and O–H groups in total. The number of sulfonamides is 1. The molecule has 0 unspecified atom stereocenters. The van der Waals surface area contributed by atoms with Crippen LogP contribution in [-0.2, 0) is 16.6 Å². The number of nitrogens with one attached hydrogen (secondary N) is 1. The molecule has 2 aromatic carbocycles. The van der Waals surface area contributed by atoms with Crippen LogP contribution in [0.4, 0.5) is 0 Å². The second-order valence-corrected chi connectivity index (χ2v) is 6.68. The van der Waals surface area contributed by atoms with E-state index in [0.29, 0.717) is 5.76 Å². The van der Waals surface area contributed by atoms with E-state index >= 15 is 0 Å². The lowest BCUT2D eigenvalue weighted by Crippen LogP contribution is -2.22. The number of hydrogen-bond donors (Lipinski definition) is 1. The molecule has 0 atom stereocenters. The first-order valence-corrected chi connectivity index (χ1v) is 8.05. The fraction of sp³-hybridized carbons (Fsp3) is 0.125. The van der Waals surface area contributed by atoms with Gasteiger partial charge < -0.3 is 4.42 Å². The van der Waals surface area contributed by atoms with Crippen molar-refractivity contribution in [1.82, 2.24) is 4.72 Å². The Morgan fingerprint density at radius 3 is 2.57 bits per heavy atom. The molecule has 21 heavy (non-hydrogen) atoms. The van der Waals surface area contributed by atoms with Crippen LogP contribution in [0.2, 0.25) is 0 Å². The zero-order valence-electron chi connectivity index (χ0n) is 11.5. The number of aryl methyl sites for hydroxylation is 1. The summed E-state index contributed by atoms with van der Waals surface area (Å²) in [6.07, 6.45) is 1.52. The molecule has 3 rings (SSSR count). The molecule has 0 amide bonds. The predicted molar refractivity (Wildman–Crippen MR) is 81.4 cm³/mol. The van der Waals surface area contributed by atoms with Crippen molar-refractivity contribution in [1.29, 1.82) is 0 Å². The molecule has 0 saturated carbocycles. The van der Waals surface area contributed by atoms with Gasteiger partial charge in [0, 0.05) is 0 Å². The van der Waals surface area contributed by atoms with Gasteiger partial charge in [-0.25, -0.2) is 13.1 Å². The molecule has 0 saturated heterocycles. The maximum Gasteiger partial charge on any atom is 0.240 e. The van der Waals surface area contributed by atoms with Crippen LogP contribution in [-0.4, -0.2) is 8.42 Å². The van der Waals surface area contributed by atoms with Gasteiger partial charge in [0.1, 0.15) is 5.76 Å². The van der Waals surface area contributed by atoms with Gasteiger partial charge in [0.2, 0.25) is 10.0 Å². The monoisotopic (exact) mass is 301 g/mol. The molecule has 0 radical (unpaired) electrons. The Balaban J connectivity index is 1.89. The van der Waals surface area contributed by atoms with Crippen molar-refractivity contribution in [3.05, 3.63) is 66.1 Å². The van der Waals surface area contributed by atoms with Crippen LogP contribution in [0.5, 0.6) is 0 Å². The normalized spacial score (nSPS) is 11.9. The highest BCUT2D eigenvalue weighted by atomic mass is 32.2. The van der Waals surface area contributed by atoms with Crippen molar-refractivity contribution in [2.45, 2.75) is 18.4 Å². The summed E-state index contributed by atoms with van der Waals surface area (Å²) in [4.78, 5) is 0.255. The van der Waals surface area contributed by atoms with Gasteiger partial charge in [-0.05, 0) is 42.0 Å². The lowest BCUT2D eigenvalue weighted by molar-refractivity contribution is 0.498. The molecule has 108 valence electrons. The molecule has 3 aromatic rings. The highest BCUT2D eigenvalue weighted by Gasteiger charge is 2.14. The minimum atomic E-state index is -3.55. The third-order valence-electron chi connectivity index (χ3n) is 3.29. The van der Waals surface area contributed by atoms with E-state index in [-0.39, 0.29) is 11.4 Å². The third kappa shape index (κ3) is 2.99. The first-order chi connectivity index (χ1) is 10.0. The summed E-state index contributed by atoms with van der Waals surface area (Å²) in [5.74, 6) is 0.579. The van der Waals surface area contributed by atoms with E-state index in [9.17, 15) is 8.42 Å². The number of rotatable bonds is 4. The van der Waals surface area contributed by atoms with Gasteiger partial charge in [-0.2, -0.15) is 0 Å². The zero-order valence-corrected chi connectivity index (χ0v) is 12.4. The van der Waals surface area contributed by atoms with E-state index < -0.39 is 10.0 Å². The van der Waals surface area contributed by atoms with Crippen molar-refractivity contribution in [2.24, 2.45) is 0 Å². The van der Waals surface area contributed by atoms with Crippen molar-refractivity contribution >= 4 is 20.8 Å². The van der Waals surface area contributed by atoms with Crippen LogP contribution in [0, 0.1) is 6.92 Å². The van der Waals surface area contributed by atoms with E-state index in [4.69, 9.17) is 4.42 Å². The average molecular weight is 301 g/mol. The number of fused-ring (bicyclic) bond motifs is 1. The highest BCUT2D eigenvalue weighted by molar-refractivity contribution is 7.89. The highest BCUT2D eigenvalue weighted by Crippen LogP contribution is 2.20. The van der Waals surface area contributed by atoms with Gasteiger partial charge in [0.15, 0.2) is 0 Å². The standard InChI is InChI=1S/C16H15NO3S/c1-12-4-5-14-10-16(7-6-13(14)9-12)21(18,19)17-11-15-3-2-8-20-15/h2-10,17H,11H2,1H3. The fourth-order valence-electron chi connectivity index (χ4n) is 2.17. The van der Waals surface area contributed by atoms with Crippen LogP contribution in [0.25, 0.3) is 10.8 Å². The Morgan fingerprint density at radius 1 is 1.05 bits per heavy atom. The average Bonchev–Trinajstić information content (AvgIpc) is 2.98. The SMILES string of the molecule is Cc1ccc2cc(S(=O)(=O)NCc3ccco3)ccc2c1. The van der Waals surface area contributed by atoms with E-state index in [1.807, 2.05) is 31.2 Å². The second kappa shape index (κ2) is 5.35. The molecule has 0 aliphatic carbocycles. The largest absolute Gasteiger partial charge is 0.468 e. The summed E-state index contributed by atoms with van der Waals surface area (Å²) >= 11 is 0. The molecule has 0 spiro atoms. The minimum absolute atomic E-state index is 0.140. The lowest BCUT2D eigenvalue weighted by atomic mass is 10.1. The van der Waals surface area contributed by atoms with Crippen LogP contribution in [0.1, 0.15) is 11.3 Å². The van der Waals surface area contributed by atoms with Crippen LogP contribution in [0.3, 0.4) is 0 Å². The van der Waals surface area contributed by atoms with Gasteiger partial charge in [0.05, 0.1) is 17.7 Å². The maximum atomic E-state index is 12.3. The van der Waals surface area contributed by atoms with Gasteiger partial charge in [-0.1, -0.05) is 29.8 Å². The van der Waals surface area contributed by atoms with E-state index in [1.165, 1.54) is 6.26 Å². The Labute approximate surface area is 123 Å². The van der Waals surface area contributed by atoms with Gasteiger partial charge >= 0.3 is 0 Å². The van der Waals surface area contributed by atoms with Crippen LogP contribution < -0.4 is 4.72 Å². The maximum absolute atomic E-state index is 12.3. The summed E-state index contributed by atoms with van der Waals surface area (Å²) in [5, 5.41) is 1.93. The van der Waals surface area contributed by atoms with E-state index in [0.717, 1.165) is 16.3 Å². The minimum Gasteiger partial charge on any atom is -0.468 e. The second-order valence-electron chi connectivity index (χ2n) is 4.92. The quantitative estimate of drug-likeness (QED) is 0.805. The predicted octanol–water partition coefficient (Wildman–Crippen LogP) is 3.22. The molecule has 5 heteroatoms. The lowest BCUT2D eigenvalue weighted by Gasteiger charge is -2.07. The smallest absolute Gasteiger partial charge is 0.240 e. The topological polar surface area (TPSA) is 59.3 Å². The molecule has 1 aromatic heterocycles. The Hall–Kier alpha value is -2.11. The first-order valence-electron chi connectivity index (χ1n) is 6.57. The molecule has 0 fully saturated rings. The van der Waals surface area contributed by atoms with Gasteiger partial charge in [0.25, 0.3) is 0 Å².